The summed E-state index contributed by atoms with van der Waals surface area (Å²) in [6.07, 6.45) is 9.42. The smallest absolute Gasteiger partial charge is 0.223 e. The molecule has 0 saturated carbocycles. The molecule has 2 rings (SSSR count). The number of carbonyl (C=O) groups excluding carboxylic acids is 1. The van der Waals surface area contributed by atoms with Crippen molar-refractivity contribution in [2.24, 2.45) is 11.8 Å². The van der Waals surface area contributed by atoms with Gasteiger partial charge in [0.1, 0.15) is 0 Å². The average molecular weight is 280 g/mol. The lowest BCUT2D eigenvalue weighted by Crippen LogP contribution is -2.42. The van der Waals surface area contributed by atoms with Gasteiger partial charge in [-0.15, -0.1) is 0 Å². The van der Waals surface area contributed by atoms with Crippen molar-refractivity contribution >= 4 is 5.91 Å². The maximum absolute atomic E-state index is 12.7. The van der Waals surface area contributed by atoms with E-state index in [-0.39, 0.29) is 0 Å². The molecule has 1 N–H and O–H groups in total. The molecule has 3 atom stereocenters. The molecular formula is C17H32N2O. The highest BCUT2D eigenvalue weighted by Crippen LogP contribution is 2.26. The van der Waals surface area contributed by atoms with Crippen LogP contribution < -0.4 is 5.32 Å². The van der Waals surface area contributed by atoms with E-state index in [1.165, 1.54) is 38.5 Å². The van der Waals surface area contributed by atoms with Crippen LogP contribution in [0.25, 0.3) is 0 Å². The first-order chi connectivity index (χ1) is 9.72. The number of amides is 1. The normalized spacial score (nSPS) is 29.8. The van der Waals surface area contributed by atoms with Gasteiger partial charge in [-0.1, -0.05) is 26.7 Å². The van der Waals surface area contributed by atoms with E-state index in [0.29, 0.717) is 23.8 Å². The fourth-order valence-electron chi connectivity index (χ4n) is 3.85. The van der Waals surface area contributed by atoms with Crippen LogP contribution >= 0.6 is 0 Å². The van der Waals surface area contributed by atoms with Gasteiger partial charge in [0.2, 0.25) is 5.91 Å². The number of nitrogens with one attached hydrogen (secondary N) is 1. The minimum absolute atomic E-state index is 0.414. The van der Waals surface area contributed by atoms with Gasteiger partial charge in [-0.2, -0.15) is 0 Å². The third-order valence-electron chi connectivity index (χ3n) is 5.31. The zero-order valence-corrected chi connectivity index (χ0v) is 13.4. The summed E-state index contributed by atoms with van der Waals surface area (Å²) in [4.78, 5) is 14.9. The van der Waals surface area contributed by atoms with Crippen LogP contribution in [0.4, 0.5) is 0 Å². The fourth-order valence-corrected chi connectivity index (χ4v) is 3.85. The van der Waals surface area contributed by atoms with Crippen molar-refractivity contribution in [2.75, 3.05) is 19.6 Å². The molecule has 0 bridgehead atoms. The molecule has 3 nitrogen and oxygen atoms in total. The van der Waals surface area contributed by atoms with Gasteiger partial charge in [0.25, 0.3) is 0 Å². The molecule has 0 radical (unpaired) electrons. The van der Waals surface area contributed by atoms with Crippen molar-refractivity contribution in [2.45, 2.75) is 71.3 Å². The summed E-state index contributed by atoms with van der Waals surface area (Å²) in [5.74, 6) is 1.63. The van der Waals surface area contributed by atoms with E-state index in [1.807, 2.05) is 0 Å². The number of hydrogen-bond donors (Lipinski definition) is 1. The van der Waals surface area contributed by atoms with Crippen LogP contribution in [0.5, 0.6) is 0 Å². The summed E-state index contributed by atoms with van der Waals surface area (Å²) in [6.45, 7) is 7.75. The Bertz CT molecular complexity index is 299. The monoisotopic (exact) mass is 280 g/mol. The summed E-state index contributed by atoms with van der Waals surface area (Å²) < 4.78 is 0. The summed E-state index contributed by atoms with van der Waals surface area (Å²) in [7, 11) is 0. The molecule has 0 aromatic heterocycles. The lowest BCUT2D eigenvalue weighted by molar-refractivity contribution is -0.134. The average Bonchev–Trinajstić information content (AvgIpc) is 2.73. The first kappa shape index (κ1) is 15.8. The maximum Gasteiger partial charge on any atom is 0.223 e. The van der Waals surface area contributed by atoms with Crippen LogP contribution in [0.1, 0.15) is 65.2 Å². The second-order valence-electron chi connectivity index (χ2n) is 6.79. The molecule has 2 aliphatic rings. The van der Waals surface area contributed by atoms with Crippen LogP contribution in [0.15, 0.2) is 0 Å². The number of piperidine rings is 1. The SMILES string of the molecule is CCC1CCCCCN1C(=O)CC(C)C1CCCNC1. The number of nitrogens with zero attached hydrogens (tertiary/aromatic N) is 1. The third-order valence-corrected chi connectivity index (χ3v) is 5.31. The number of hydrogen-bond acceptors (Lipinski definition) is 2. The molecule has 3 unspecified atom stereocenters. The highest BCUT2D eigenvalue weighted by molar-refractivity contribution is 5.76. The van der Waals surface area contributed by atoms with Crippen molar-refractivity contribution in [3.05, 3.63) is 0 Å². The summed E-state index contributed by atoms with van der Waals surface area (Å²) in [6, 6.07) is 0.502. The molecule has 0 aliphatic carbocycles. The van der Waals surface area contributed by atoms with Gasteiger partial charge in [-0.25, -0.2) is 0 Å². The van der Waals surface area contributed by atoms with Gasteiger partial charge in [0, 0.05) is 19.0 Å². The van der Waals surface area contributed by atoms with E-state index < -0.39 is 0 Å². The summed E-state index contributed by atoms with van der Waals surface area (Å²) in [5.41, 5.74) is 0. The van der Waals surface area contributed by atoms with Crippen molar-refractivity contribution in [3.8, 4) is 0 Å². The Kier molecular flexibility index (Phi) is 6.34. The molecule has 20 heavy (non-hydrogen) atoms. The quantitative estimate of drug-likeness (QED) is 0.857. The Balaban J connectivity index is 1.88. The third kappa shape index (κ3) is 4.21. The van der Waals surface area contributed by atoms with E-state index in [4.69, 9.17) is 0 Å². The van der Waals surface area contributed by atoms with Gasteiger partial charge in [0.05, 0.1) is 0 Å². The Labute approximate surface area is 124 Å². The van der Waals surface area contributed by atoms with Crippen LogP contribution in [0.3, 0.4) is 0 Å². The minimum atomic E-state index is 0.414. The molecule has 2 heterocycles. The van der Waals surface area contributed by atoms with Crippen molar-refractivity contribution in [3.63, 3.8) is 0 Å². The van der Waals surface area contributed by atoms with E-state index >= 15 is 0 Å². The molecule has 3 heteroatoms. The van der Waals surface area contributed by atoms with Crippen molar-refractivity contribution in [1.29, 1.82) is 0 Å². The fraction of sp³-hybridized carbons (Fsp3) is 0.941. The van der Waals surface area contributed by atoms with Crippen molar-refractivity contribution in [1.82, 2.24) is 10.2 Å². The molecule has 2 aliphatic heterocycles. The second kappa shape index (κ2) is 8.02. The number of rotatable bonds is 4. The Hall–Kier alpha value is -0.570. The summed E-state index contributed by atoms with van der Waals surface area (Å²) >= 11 is 0. The molecule has 1 amide bonds. The number of likely N-dealkylation sites (tertiary alicyclic amines) is 1. The van der Waals surface area contributed by atoms with Gasteiger partial charge in [-0.05, 0) is 57.0 Å². The highest BCUT2D eigenvalue weighted by Gasteiger charge is 2.28. The first-order valence-corrected chi connectivity index (χ1v) is 8.72. The van der Waals surface area contributed by atoms with E-state index in [2.05, 4.69) is 24.1 Å². The van der Waals surface area contributed by atoms with Gasteiger partial charge < -0.3 is 10.2 Å². The van der Waals surface area contributed by atoms with E-state index in [0.717, 1.165) is 32.5 Å². The minimum Gasteiger partial charge on any atom is -0.340 e. The van der Waals surface area contributed by atoms with Crippen molar-refractivity contribution < 1.29 is 4.79 Å². The van der Waals surface area contributed by atoms with Crippen LogP contribution in [0, 0.1) is 11.8 Å². The predicted molar refractivity (Wildman–Crippen MR) is 83.6 cm³/mol. The van der Waals surface area contributed by atoms with E-state index in [1.54, 1.807) is 0 Å². The van der Waals surface area contributed by atoms with Gasteiger partial charge in [-0.3, -0.25) is 4.79 Å². The lowest BCUT2D eigenvalue weighted by Gasteiger charge is -2.33. The first-order valence-electron chi connectivity index (χ1n) is 8.72. The largest absolute Gasteiger partial charge is 0.340 e. The molecular weight excluding hydrogens is 248 g/mol. The summed E-state index contributed by atoms with van der Waals surface area (Å²) in [5, 5.41) is 3.47. The van der Waals surface area contributed by atoms with Gasteiger partial charge >= 0.3 is 0 Å². The molecule has 2 fully saturated rings. The Morgan fingerprint density at radius 3 is 2.80 bits per heavy atom. The van der Waals surface area contributed by atoms with Crippen LogP contribution in [-0.2, 0) is 4.79 Å². The van der Waals surface area contributed by atoms with Crippen LogP contribution in [-0.4, -0.2) is 36.5 Å². The topological polar surface area (TPSA) is 32.3 Å². The zero-order chi connectivity index (χ0) is 14.4. The van der Waals surface area contributed by atoms with Gasteiger partial charge in [0.15, 0.2) is 0 Å². The Morgan fingerprint density at radius 1 is 1.25 bits per heavy atom. The molecule has 2 saturated heterocycles. The second-order valence-corrected chi connectivity index (χ2v) is 6.79. The Morgan fingerprint density at radius 2 is 2.10 bits per heavy atom. The van der Waals surface area contributed by atoms with Crippen LogP contribution in [0.2, 0.25) is 0 Å². The lowest BCUT2D eigenvalue weighted by atomic mass is 9.85. The van der Waals surface area contributed by atoms with E-state index in [9.17, 15) is 4.79 Å². The molecule has 116 valence electrons. The predicted octanol–water partition coefficient (Wildman–Crippen LogP) is 3.19. The molecule has 0 spiro atoms. The maximum atomic E-state index is 12.7. The molecule has 0 aromatic carbocycles. The zero-order valence-electron chi connectivity index (χ0n) is 13.4. The standard InChI is InChI=1S/C17H32N2O/c1-3-16-9-5-4-6-11-19(16)17(20)12-14(2)15-8-7-10-18-13-15/h14-16,18H,3-13H2,1-2H3. The molecule has 0 aromatic rings. The highest BCUT2D eigenvalue weighted by atomic mass is 16.2. The number of carbonyl (C=O) groups is 1.